The molecule has 0 saturated carbocycles. The number of rotatable bonds is 10. The zero-order valence-electron chi connectivity index (χ0n) is 23.1. The quantitative estimate of drug-likeness (QED) is 0.133. The van der Waals surface area contributed by atoms with Crippen LogP contribution < -0.4 is 5.32 Å². The number of nitrogens with one attached hydrogen (secondary N) is 1. The number of phenols is 3. The maximum Gasteiger partial charge on any atom is 0.259 e. The highest BCUT2D eigenvalue weighted by atomic mass is 35.5. The van der Waals surface area contributed by atoms with Crippen LogP contribution in [0, 0.1) is 5.92 Å². The van der Waals surface area contributed by atoms with Crippen molar-refractivity contribution in [2.24, 2.45) is 5.92 Å². The second-order valence-corrected chi connectivity index (χ2v) is 13.2. The Morgan fingerprint density at radius 1 is 0.810 bits per heavy atom. The van der Waals surface area contributed by atoms with E-state index in [0.29, 0.717) is 10.9 Å². The summed E-state index contributed by atoms with van der Waals surface area (Å²) in [6.07, 6.45) is 3.09. The summed E-state index contributed by atoms with van der Waals surface area (Å²) in [6.45, 7) is 4.33. The molecule has 0 fully saturated rings. The maximum absolute atomic E-state index is 13.3. The van der Waals surface area contributed by atoms with Crippen LogP contribution in [0.4, 0.5) is 5.69 Å². The molecule has 0 aromatic heterocycles. The van der Waals surface area contributed by atoms with Crippen molar-refractivity contribution in [3.8, 4) is 17.2 Å². The number of hydrogen-bond acceptors (Lipinski definition) is 6. The van der Waals surface area contributed by atoms with E-state index in [0.717, 1.165) is 30.4 Å². The Hall–Kier alpha value is -3.72. The highest BCUT2D eigenvalue weighted by molar-refractivity contribution is 7.91. The lowest BCUT2D eigenvalue weighted by Crippen LogP contribution is -2.14. The molecule has 4 aromatic carbocycles. The Labute approximate surface area is 255 Å². The molecule has 220 valence electrons. The summed E-state index contributed by atoms with van der Waals surface area (Å²) < 4.78 is 26.3. The summed E-state index contributed by atoms with van der Waals surface area (Å²) in [5.74, 6) is -2.48. The Balaban J connectivity index is 1.63. The van der Waals surface area contributed by atoms with Crippen molar-refractivity contribution in [2.45, 2.75) is 49.3 Å². The second kappa shape index (κ2) is 13.1. The standard InChI is InChI=1S/C32H31Cl2NO6S/c1-19(2)6-5-9-20-7-3-4-8-21(20)16-22-17-26(30(37)31(38)29(22)36)32(39)35-28-18-25(14-15-27(28)34)42(40,41)24-12-10-23(33)11-13-24/h3-4,7-8,10-15,17-19,36-38H,5-6,9,16H2,1-2H3,(H,35,39). The summed E-state index contributed by atoms with van der Waals surface area (Å²) in [6, 6.07) is 18.5. The summed E-state index contributed by atoms with van der Waals surface area (Å²) >= 11 is 12.2. The van der Waals surface area contributed by atoms with Crippen molar-refractivity contribution < 1.29 is 28.5 Å². The molecule has 0 unspecified atom stereocenters. The van der Waals surface area contributed by atoms with Gasteiger partial charge < -0.3 is 20.6 Å². The minimum Gasteiger partial charge on any atom is -0.504 e. The molecule has 42 heavy (non-hydrogen) atoms. The first kappa shape index (κ1) is 31.2. The number of aromatic hydroxyl groups is 3. The minimum absolute atomic E-state index is 0.00160. The Morgan fingerprint density at radius 3 is 2.12 bits per heavy atom. The van der Waals surface area contributed by atoms with Crippen LogP contribution in [-0.4, -0.2) is 29.6 Å². The van der Waals surface area contributed by atoms with Gasteiger partial charge in [-0.15, -0.1) is 0 Å². The predicted molar refractivity (Wildman–Crippen MR) is 165 cm³/mol. The van der Waals surface area contributed by atoms with Crippen molar-refractivity contribution in [1.82, 2.24) is 0 Å². The minimum atomic E-state index is -3.96. The average Bonchev–Trinajstić information content (AvgIpc) is 2.95. The highest BCUT2D eigenvalue weighted by Gasteiger charge is 2.24. The van der Waals surface area contributed by atoms with Gasteiger partial charge in [-0.25, -0.2) is 8.42 Å². The number of halogens is 2. The molecule has 0 bridgehead atoms. The van der Waals surface area contributed by atoms with Gasteiger partial charge in [0, 0.05) is 17.0 Å². The summed E-state index contributed by atoms with van der Waals surface area (Å²) in [5.41, 5.74) is 1.88. The van der Waals surface area contributed by atoms with Crippen molar-refractivity contribution in [2.75, 3.05) is 5.32 Å². The summed E-state index contributed by atoms with van der Waals surface area (Å²) in [4.78, 5) is 13.2. The lowest BCUT2D eigenvalue weighted by Gasteiger charge is -2.15. The highest BCUT2D eigenvalue weighted by Crippen LogP contribution is 2.42. The number of hydrogen-bond donors (Lipinski definition) is 4. The van der Waals surface area contributed by atoms with Gasteiger partial charge in [0.2, 0.25) is 15.6 Å². The molecule has 0 radical (unpaired) electrons. The van der Waals surface area contributed by atoms with Gasteiger partial charge in [0.15, 0.2) is 11.5 Å². The molecule has 10 heteroatoms. The van der Waals surface area contributed by atoms with Gasteiger partial charge >= 0.3 is 0 Å². The summed E-state index contributed by atoms with van der Waals surface area (Å²) in [7, 11) is -3.96. The number of carbonyl (C=O) groups excluding carboxylic acids is 1. The van der Waals surface area contributed by atoms with E-state index >= 15 is 0 Å². The van der Waals surface area contributed by atoms with Crippen molar-refractivity contribution in [1.29, 1.82) is 0 Å². The predicted octanol–water partition coefficient (Wildman–Crippen LogP) is 7.76. The molecule has 0 aliphatic rings. The van der Waals surface area contributed by atoms with Gasteiger partial charge in [0.05, 0.1) is 26.1 Å². The fraction of sp³-hybridized carbons (Fsp3) is 0.219. The summed E-state index contributed by atoms with van der Waals surface area (Å²) in [5, 5.41) is 34.6. The zero-order valence-corrected chi connectivity index (χ0v) is 25.4. The number of amides is 1. The lowest BCUT2D eigenvalue weighted by atomic mass is 9.93. The second-order valence-electron chi connectivity index (χ2n) is 10.4. The molecule has 0 spiro atoms. The first-order valence-corrected chi connectivity index (χ1v) is 15.6. The van der Waals surface area contributed by atoms with Gasteiger partial charge in [-0.1, -0.05) is 67.7 Å². The average molecular weight is 629 g/mol. The molecule has 4 rings (SSSR count). The third kappa shape index (κ3) is 7.01. The van der Waals surface area contributed by atoms with E-state index < -0.39 is 33.0 Å². The smallest absolute Gasteiger partial charge is 0.259 e. The topological polar surface area (TPSA) is 124 Å². The normalized spacial score (nSPS) is 11.5. The van der Waals surface area contributed by atoms with E-state index in [9.17, 15) is 28.5 Å². The van der Waals surface area contributed by atoms with E-state index in [1.807, 2.05) is 24.3 Å². The Kier molecular flexibility index (Phi) is 9.71. The number of sulfone groups is 1. The van der Waals surface area contributed by atoms with E-state index in [-0.39, 0.29) is 38.0 Å². The monoisotopic (exact) mass is 627 g/mol. The number of aryl methyl sites for hydroxylation is 1. The van der Waals surface area contributed by atoms with Crippen LogP contribution in [0.25, 0.3) is 0 Å². The van der Waals surface area contributed by atoms with Crippen LogP contribution >= 0.6 is 23.2 Å². The number of phenolic OH excluding ortho intramolecular Hbond substituents is 3. The molecule has 0 aliphatic heterocycles. The zero-order chi connectivity index (χ0) is 30.6. The molecule has 7 nitrogen and oxygen atoms in total. The third-order valence-corrected chi connectivity index (χ3v) is 9.27. The van der Waals surface area contributed by atoms with Crippen LogP contribution in [0.5, 0.6) is 17.2 Å². The maximum atomic E-state index is 13.3. The van der Waals surface area contributed by atoms with Gasteiger partial charge in [0.1, 0.15) is 0 Å². The van der Waals surface area contributed by atoms with Crippen LogP contribution in [0.2, 0.25) is 10.0 Å². The van der Waals surface area contributed by atoms with Gasteiger partial charge in [0.25, 0.3) is 5.91 Å². The van der Waals surface area contributed by atoms with E-state index in [2.05, 4.69) is 19.2 Å². The Morgan fingerprint density at radius 2 is 1.45 bits per heavy atom. The van der Waals surface area contributed by atoms with Crippen molar-refractivity contribution >= 4 is 44.6 Å². The molecular formula is C32H31Cl2NO6S. The largest absolute Gasteiger partial charge is 0.504 e. The van der Waals surface area contributed by atoms with Gasteiger partial charge in [-0.3, -0.25) is 4.79 Å². The molecule has 0 aliphatic carbocycles. The van der Waals surface area contributed by atoms with Crippen LogP contribution in [0.1, 0.15) is 53.7 Å². The van der Waals surface area contributed by atoms with Crippen molar-refractivity contribution in [3.63, 3.8) is 0 Å². The van der Waals surface area contributed by atoms with E-state index in [1.165, 1.54) is 48.5 Å². The first-order chi connectivity index (χ1) is 19.9. The lowest BCUT2D eigenvalue weighted by molar-refractivity contribution is 0.102. The number of carbonyl (C=O) groups is 1. The van der Waals surface area contributed by atoms with Crippen LogP contribution in [0.15, 0.2) is 82.6 Å². The Bertz CT molecular complexity index is 1720. The van der Waals surface area contributed by atoms with Crippen molar-refractivity contribution in [3.05, 3.63) is 105 Å². The molecular weight excluding hydrogens is 597 g/mol. The molecule has 0 atom stereocenters. The number of benzene rings is 4. The molecule has 1 amide bonds. The number of anilines is 1. The van der Waals surface area contributed by atoms with Crippen LogP contribution in [-0.2, 0) is 22.7 Å². The van der Waals surface area contributed by atoms with E-state index in [1.54, 1.807) is 0 Å². The van der Waals surface area contributed by atoms with E-state index in [4.69, 9.17) is 23.2 Å². The molecule has 4 N–H and O–H groups in total. The van der Waals surface area contributed by atoms with Crippen LogP contribution in [0.3, 0.4) is 0 Å². The molecule has 0 heterocycles. The first-order valence-electron chi connectivity index (χ1n) is 13.3. The molecule has 0 saturated heterocycles. The fourth-order valence-corrected chi connectivity index (χ4v) is 6.17. The fourth-order valence-electron chi connectivity index (χ4n) is 4.60. The van der Waals surface area contributed by atoms with Gasteiger partial charge in [-0.05, 0) is 78.4 Å². The van der Waals surface area contributed by atoms with Gasteiger partial charge in [-0.2, -0.15) is 0 Å². The molecule has 4 aromatic rings. The third-order valence-electron chi connectivity index (χ3n) is 6.92. The SMILES string of the molecule is CC(C)CCCc1ccccc1Cc1cc(C(=O)Nc2cc(S(=O)(=O)c3ccc(Cl)cc3)ccc2Cl)c(O)c(O)c1O.